The lowest BCUT2D eigenvalue weighted by Gasteiger charge is -2.43. The molecule has 5 aliphatic rings. The van der Waals surface area contributed by atoms with E-state index in [1.54, 1.807) is 0 Å². The van der Waals surface area contributed by atoms with E-state index in [2.05, 4.69) is 57.4 Å². The number of anilines is 2. The summed E-state index contributed by atoms with van der Waals surface area (Å²) in [6.45, 7) is 8.28. The van der Waals surface area contributed by atoms with Gasteiger partial charge >= 0.3 is 0 Å². The molecule has 284 valence electrons. The number of nitrogens with zero attached hydrogens (tertiary/aromatic N) is 6. The Hall–Kier alpha value is -5.37. The number of nitrogens with two attached hydrogens (primary N) is 2. The van der Waals surface area contributed by atoms with Crippen molar-refractivity contribution in [1.29, 1.82) is 0 Å². The summed E-state index contributed by atoms with van der Waals surface area (Å²) >= 11 is 0. The number of benzene rings is 1. The molecule has 3 amide bonds. The minimum Gasteiger partial charge on any atom is -0.393 e. The average Bonchev–Trinajstić information content (AvgIpc) is 4.08. The second-order valence-electron chi connectivity index (χ2n) is 15.7. The predicted molar refractivity (Wildman–Crippen MR) is 206 cm³/mol. The van der Waals surface area contributed by atoms with Crippen LogP contribution in [0.15, 0.2) is 65.9 Å². The molecule has 2 aromatic heterocycles. The zero-order chi connectivity index (χ0) is 37.7. The Bertz CT molecular complexity index is 2020. The van der Waals surface area contributed by atoms with Gasteiger partial charge in [-0.15, -0.1) is 0 Å². The number of nitrogens with one attached hydrogen (secondary N) is 3. The van der Waals surface area contributed by atoms with Crippen molar-refractivity contribution in [3.05, 3.63) is 83.0 Å². The molecule has 3 aromatic rings. The van der Waals surface area contributed by atoms with Crippen LogP contribution in [0, 0.1) is 11.8 Å². The number of hydrogen-bond acceptors (Lipinski definition) is 10. The van der Waals surface area contributed by atoms with Crippen molar-refractivity contribution in [1.82, 2.24) is 35.2 Å². The van der Waals surface area contributed by atoms with Crippen molar-refractivity contribution in [3.8, 4) is 11.1 Å². The van der Waals surface area contributed by atoms with Crippen LogP contribution in [0.4, 0.5) is 11.4 Å². The number of hydrogen-bond donors (Lipinski definition) is 5. The SMILES string of the molecule is CCC1c2c(cnn2C2CN(Cc3cccc(C(=O)N4CCC(C)C4)n3)C2)-c2cccc(NC(/C=C(\N)NC(=O)C3CC3)=C(/N)C(=O)NC3CC3)c2N1C. The van der Waals surface area contributed by atoms with Gasteiger partial charge in [-0.2, -0.15) is 5.10 Å². The molecule has 8 rings (SSSR count). The first-order valence-electron chi connectivity index (χ1n) is 19.3. The highest BCUT2D eigenvalue weighted by Crippen LogP contribution is 2.49. The Morgan fingerprint density at radius 2 is 1.76 bits per heavy atom. The number of carbonyl (C=O) groups excluding carboxylic acids is 3. The second-order valence-corrected chi connectivity index (χ2v) is 15.7. The van der Waals surface area contributed by atoms with Crippen LogP contribution in [0.25, 0.3) is 11.1 Å². The quantitative estimate of drug-likeness (QED) is 0.137. The van der Waals surface area contributed by atoms with E-state index >= 15 is 0 Å². The highest BCUT2D eigenvalue weighted by molar-refractivity contribution is 5.97. The standard InChI is InChI=1S/C40H51N11O3/c1-4-33-37-29(18-43-51(37)27-21-49(22-27)20-26-7-5-10-31(44-26)40(54)50-16-15-23(2)19-50)28-8-6-9-30(36(28)48(33)3)46-32(35(42)39(53)45-25-13-14-25)17-34(41)47-38(52)24-11-12-24/h5-10,17-18,23-25,27,33,46H,4,11-16,19-22,41-42H2,1-3H3,(H,45,53)(H,47,52)/b34-17+,35-32+. The van der Waals surface area contributed by atoms with Gasteiger partial charge in [0, 0.05) is 68.9 Å². The molecule has 4 fully saturated rings. The van der Waals surface area contributed by atoms with Gasteiger partial charge < -0.3 is 37.2 Å². The van der Waals surface area contributed by atoms with Gasteiger partial charge in [-0.3, -0.25) is 24.0 Å². The van der Waals surface area contributed by atoms with Gasteiger partial charge in [-0.05, 0) is 62.6 Å². The zero-order valence-corrected chi connectivity index (χ0v) is 31.3. The molecule has 2 saturated carbocycles. The summed E-state index contributed by atoms with van der Waals surface area (Å²) in [5.74, 6) is 0.133. The fourth-order valence-electron chi connectivity index (χ4n) is 8.00. The molecule has 0 radical (unpaired) electrons. The van der Waals surface area contributed by atoms with Crippen LogP contribution < -0.4 is 32.3 Å². The van der Waals surface area contributed by atoms with Gasteiger partial charge in [-0.1, -0.05) is 32.0 Å². The molecule has 3 aliphatic heterocycles. The summed E-state index contributed by atoms with van der Waals surface area (Å²) in [5.41, 5.74) is 19.5. The van der Waals surface area contributed by atoms with Crippen molar-refractivity contribution < 1.29 is 14.4 Å². The molecule has 1 aromatic carbocycles. The molecule has 2 saturated heterocycles. The minimum absolute atomic E-state index is 0.00794. The Labute approximate surface area is 316 Å². The van der Waals surface area contributed by atoms with E-state index < -0.39 is 0 Å². The molecule has 0 spiro atoms. The predicted octanol–water partition coefficient (Wildman–Crippen LogP) is 3.57. The van der Waals surface area contributed by atoms with E-state index in [1.807, 2.05) is 41.4 Å². The Balaban J connectivity index is 1.02. The summed E-state index contributed by atoms with van der Waals surface area (Å²) in [6.07, 6.45) is 8.92. The van der Waals surface area contributed by atoms with Crippen LogP contribution in [0.3, 0.4) is 0 Å². The third-order valence-corrected chi connectivity index (χ3v) is 11.3. The summed E-state index contributed by atoms with van der Waals surface area (Å²) in [7, 11) is 2.08. The topological polar surface area (TPSA) is 180 Å². The van der Waals surface area contributed by atoms with Crippen molar-refractivity contribution in [2.24, 2.45) is 23.3 Å². The van der Waals surface area contributed by atoms with Gasteiger partial charge in [0.15, 0.2) is 0 Å². The van der Waals surface area contributed by atoms with Crippen LogP contribution in [0.2, 0.25) is 0 Å². The smallest absolute Gasteiger partial charge is 0.272 e. The first kappa shape index (κ1) is 35.6. The van der Waals surface area contributed by atoms with Crippen LogP contribution >= 0.6 is 0 Å². The Kier molecular flexibility index (Phi) is 9.55. The lowest BCUT2D eigenvalue weighted by atomic mass is 9.91. The van der Waals surface area contributed by atoms with Crippen LogP contribution in [0.5, 0.6) is 0 Å². The molecule has 2 aliphatic carbocycles. The number of likely N-dealkylation sites (tertiary alicyclic amines) is 2. The lowest BCUT2D eigenvalue weighted by Crippen LogP contribution is -2.48. The molecule has 2 atom stereocenters. The van der Waals surface area contributed by atoms with Gasteiger partial charge in [-0.25, -0.2) is 4.98 Å². The molecule has 54 heavy (non-hydrogen) atoms. The Morgan fingerprint density at radius 1 is 0.981 bits per heavy atom. The number of pyridine rings is 1. The summed E-state index contributed by atoms with van der Waals surface area (Å²) in [4.78, 5) is 50.0. The van der Waals surface area contributed by atoms with Crippen LogP contribution in [-0.4, -0.2) is 81.6 Å². The zero-order valence-electron chi connectivity index (χ0n) is 31.3. The number of rotatable bonds is 12. The molecule has 0 bridgehead atoms. The lowest BCUT2D eigenvalue weighted by molar-refractivity contribution is -0.121. The van der Waals surface area contributed by atoms with Crippen LogP contribution in [-0.2, 0) is 16.1 Å². The molecule has 7 N–H and O–H groups in total. The third kappa shape index (κ3) is 7.14. The van der Waals surface area contributed by atoms with Gasteiger partial charge in [0.2, 0.25) is 5.91 Å². The highest BCUT2D eigenvalue weighted by Gasteiger charge is 2.38. The van der Waals surface area contributed by atoms with E-state index in [4.69, 9.17) is 21.5 Å². The van der Waals surface area contributed by atoms with Gasteiger partial charge in [0.25, 0.3) is 11.8 Å². The number of aromatic nitrogens is 3. The van der Waals surface area contributed by atoms with Gasteiger partial charge in [0.05, 0.1) is 46.7 Å². The average molecular weight is 734 g/mol. The number of amides is 3. The molecule has 14 heteroatoms. The fourth-order valence-corrected chi connectivity index (χ4v) is 8.00. The number of allylic oxidation sites excluding steroid dienone is 1. The van der Waals surface area contributed by atoms with Crippen LogP contribution in [0.1, 0.15) is 86.3 Å². The second kappa shape index (κ2) is 14.5. The fraction of sp³-hybridized carbons (Fsp3) is 0.475. The number of fused-ring (bicyclic) bond motifs is 3. The third-order valence-electron chi connectivity index (χ3n) is 11.3. The summed E-state index contributed by atoms with van der Waals surface area (Å²) in [5, 5.41) is 14.1. The van der Waals surface area contributed by atoms with Crippen molar-refractivity contribution in [2.75, 3.05) is 43.4 Å². The van der Waals surface area contributed by atoms with Crippen molar-refractivity contribution in [2.45, 2.75) is 77.0 Å². The highest BCUT2D eigenvalue weighted by atomic mass is 16.2. The van der Waals surface area contributed by atoms with E-state index in [0.717, 1.165) is 92.9 Å². The first-order valence-corrected chi connectivity index (χ1v) is 19.3. The van der Waals surface area contributed by atoms with Crippen molar-refractivity contribution >= 4 is 29.1 Å². The summed E-state index contributed by atoms with van der Waals surface area (Å²) < 4.78 is 2.19. The maximum Gasteiger partial charge on any atom is 0.272 e. The first-order chi connectivity index (χ1) is 26.1. The van der Waals surface area contributed by atoms with E-state index in [-0.39, 0.29) is 53.3 Å². The maximum absolute atomic E-state index is 13.2. The number of carbonyl (C=O) groups is 3. The minimum atomic E-state index is -0.381. The molecule has 2 unspecified atom stereocenters. The van der Waals surface area contributed by atoms with E-state index in [0.29, 0.717) is 23.9 Å². The van der Waals surface area contributed by atoms with E-state index in [1.165, 1.54) is 11.8 Å². The molecule has 14 nitrogen and oxygen atoms in total. The Morgan fingerprint density at radius 3 is 2.46 bits per heavy atom. The summed E-state index contributed by atoms with van der Waals surface area (Å²) in [6, 6.07) is 12.1. The molecular weight excluding hydrogens is 683 g/mol. The normalized spacial score (nSPS) is 21.9. The maximum atomic E-state index is 13.2. The van der Waals surface area contributed by atoms with Crippen molar-refractivity contribution in [3.63, 3.8) is 0 Å². The monoisotopic (exact) mass is 733 g/mol. The largest absolute Gasteiger partial charge is 0.393 e. The molecule has 5 heterocycles. The molecular formula is C40H51N11O3. The number of para-hydroxylation sites is 1. The van der Waals surface area contributed by atoms with Gasteiger partial charge in [0.1, 0.15) is 17.2 Å². The van der Waals surface area contributed by atoms with E-state index in [9.17, 15) is 14.4 Å².